The molecule has 3 aromatic rings. The second-order valence-corrected chi connectivity index (χ2v) is 14.9. The van der Waals surface area contributed by atoms with Crippen LogP contribution >= 0.6 is 0 Å². The largest absolute Gasteiger partial charge is 0.461 e. The number of benzene rings is 1. The van der Waals surface area contributed by atoms with Crippen molar-refractivity contribution in [1.82, 2.24) is 30.0 Å². The Balaban J connectivity index is 1.17. The summed E-state index contributed by atoms with van der Waals surface area (Å²) in [6.07, 6.45) is 0.964. The molecule has 0 radical (unpaired) electrons. The van der Waals surface area contributed by atoms with Gasteiger partial charge in [0.2, 0.25) is 0 Å². The number of hydrogen-bond acceptors (Lipinski definition) is 9. The van der Waals surface area contributed by atoms with Crippen molar-refractivity contribution in [1.29, 1.82) is 0 Å². The highest BCUT2D eigenvalue weighted by Crippen LogP contribution is 2.60. The van der Waals surface area contributed by atoms with Crippen LogP contribution in [-0.2, 0) is 37.0 Å². The molecule has 14 heteroatoms. The summed E-state index contributed by atoms with van der Waals surface area (Å²) in [5.74, 6) is 5.55. The maximum absolute atomic E-state index is 14.6. The summed E-state index contributed by atoms with van der Waals surface area (Å²) in [6.45, 7) is 7.70. The molecule has 1 aromatic carbocycles. The lowest BCUT2D eigenvalue weighted by Crippen LogP contribution is -2.43. The average molecular weight is 705 g/mol. The van der Waals surface area contributed by atoms with Crippen LogP contribution in [0.3, 0.4) is 0 Å². The zero-order valence-corrected chi connectivity index (χ0v) is 29.3. The zero-order valence-electron chi connectivity index (χ0n) is 29.3. The average Bonchev–Trinajstić information content (AvgIpc) is 3.59. The molecule has 5 aliphatic rings. The van der Waals surface area contributed by atoms with E-state index in [0.29, 0.717) is 54.4 Å². The molecule has 1 spiro atoms. The first-order chi connectivity index (χ1) is 24.4. The van der Waals surface area contributed by atoms with Crippen LogP contribution in [0.25, 0.3) is 0 Å². The van der Waals surface area contributed by atoms with E-state index in [1.807, 2.05) is 11.6 Å². The molecule has 2 aromatic heterocycles. The second kappa shape index (κ2) is 12.4. The molecule has 11 nitrogen and oxygen atoms in total. The Hall–Kier alpha value is -4.35. The number of aryl methyl sites for hydroxylation is 1. The van der Waals surface area contributed by atoms with Crippen LogP contribution in [-0.4, -0.2) is 69.4 Å². The Morgan fingerprint density at radius 1 is 1.18 bits per heavy atom. The summed E-state index contributed by atoms with van der Waals surface area (Å²) < 4.78 is 58.5. The summed E-state index contributed by atoms with van der Waals surface area (Å²) >= 11 is 0. The van der Waals surface area contributed by atoms with Gasteiger partial charge in [0, 0.05) is 55.5 Å². The predicted molar refractivity (Wildman–Crippen MR) is 183 cm³/mol. The first kappa shape index (κ1) is 33.8. The third-order valence-electron chi connectivity index (χ3n) is 11.5. The maximum Gasteiger partial charge on any atom is 0.417 e. The minimum atomic E-state index is -4.68. The third-order valence-corrected chi connectivity index (χ3v) is 11.5. The van der Waals surface area contributed by atoms with E-state index in [-0.39, 0.29) is 47.3 Å². The van der Waals surface area contributed by atoms with Crippen molar-refractivity contribution >= 4 is 17.4 Å². The van der Waals surface area contributed by atoms with Crippen molar-refractivity contribution < 1.29 is 27.4 Å². The number of halogens is 3. The topological polar surface area (TPSA) is 124 Å². The van der Waals surface area contributed by atoms with Crippen molar-refractivity contribution in [3.05, 3.63) is 57.0 Å². The predicted octanol–water partition coefficient (Wildman–Crippen LogP) is 4.94. The van der Waals surface area contributed by atoms with E-state index in [9.17, 15) is 18.0 Å². The van der Waals surface area contributed by atoms with Crippen LogP contribution in [0.2, 0.25) is 0 Å². The van der Waals surface area contributed by atoms with Crippen LogP contribution in [0.15, 0.2) is 12.1 Å². The number of amides is 1. The molecular formula is C37H43F3N8O3. The van der Waals surface area contributed by atoms with E-state index in [4.69, 9.17) is 25.2 Å². The Labute approximate surface area is 295 Å². The number of nitrogens with zero attached hydrogens (tertiary/aromatic N) is 6. The molecule has 2 atom stereocenters. The van der Waals surface area contributed by atoms with Gasteiger partial charge >= 0.3 is 12.2 Å². The lowest BCUT2D eigenvalue weighted by atomic mass is 9.89. The van der Waals surface area contributed by atoms with Gasteiger partial charge in [0.1, 0.15) is 12.4 Å². The number of hydrogen-bond donors (Lipinski definition) is 2. The number of carbonyl (C=O) groups excluding carboxylic acids is 1. The van der Waals surface area contributed by atoms with Gasteiger partial charge in [-0.1, -0.05) is 5.92 Å². The molecular weight excluding hydrogens is 661 g/mol. The molecule has 2 unspecified atom stereocenters. The van der Waals surface area contributed by atoms with E-state index in [0.717, 1.165) is 50.0 Å². The van der Waals surface area contributed by atoms with Crippen molar-refractivity contribution in [2.75, 3.05) is 43.9 Å². The molecule has 1 aliphatic carbocycles. The minimum absolute atomic E-state index is 0.00499. The monoisotopic (exact) mass is 704 g/mol. The highest BCUT2D eigenvalue weighted by atomic mass is 19.4. The molecule has 8 rings (SSSR count). The standard InChI is InChI=1S/C37H43F3N8O3/c1-4-7-23-14-24(41)15-25(30(23)37(38,39)40)29-16-27-26(18-50-29)32(46-11-6-13-48-28(17-46)22(2)31(45-48)33(49)42-3)44-34(43-27)51-21-36-8-5-12-47(36)20-35(19-36)9-10-35/h14-15,29H,5-6,8-13,16-21,41H2,1-3H3,(H,42,49). The van der Waals surface area contributed by atoms with Crippen molar-refractivity contribution in [2.45, 2.75) is 96.3 Å². The van der Waals surface area contributed by atoms with Gasteiger partial charge in [-0.2, -0.15) is 28.2 Å². The fourth-order valence-electron chi connectivity index (χ4n) is 8.93. The SMILES string of the molecule is CC#Cc1cc(N)cc(C2Cc3nc(OCC45CCCN4CC4(CC4)C5)nc(N4CCCn5nc(C(=O)NC)c(C)c5C4)c3CO2)c1C(F)(F)F. The first-order valence-electron chi connectivity index (χ1n) is 17.8. The summed E-state index contributed by atoms with van der Waals surface area (Å²) in [6, 6.07) is 2.81. The van der Waals surface area contributed by atoms with E-state index in [1.165, 1.54) is 31.9 Å². The minimum Gasteiger partial charge on any atom is -0.461 e. The Kier molecular flexibility index (Phi) is 8.22. The van der Waals surface area contributed by atoms with Crippen molar-refractivity contribution in [3.63, 3.8) is 0 Å². The number of nitrogens with one attached hydrogen (secondary N) is 1. The smallest absolute Gasteiger partial charge is 0.417 e. The van der Waals surface area contributed by atoms with Gasteiger partial charge < -0.3 is 25.4 Å². The molecule has 2 saturated heterocycles. The highest BCUT2D eigenvalue weighted by molar-refractivity contribution is 5.93. The Morgan fingerprint density at radius 3 is 2.75 bits per heavy atom. The molecule has 3 fully saturated rings. The van der Waals surface area contributed by atoms with Crippen LogP contribution in [0.4, 0.5) is 24.7 Å². The van der Waals surface area contributed by atoms with Crippen LogP contribution < -0.4 is 20.7 Å². The van der Waals surface area contributed by atoms with Crippen LogP contribution in [0, 0.1) is 24.2 Å². The van der Waals surface area contributed by atoms with Gasteiger partial charge in [-0.25, -0.2) is 0 Å². The van der Waals surface area contributed by atoms with Gasteiger partial charge in [0.05, 0.1) is 41.7 Å². The third kappa shape index (κ3) is 5.98. The van der Waals surface area contributed by atoms with Crippen molar-refractivity contribution in [2.24, 2.45) is 5.41 Å². The summed E-state index contributed by atoms with van der Waals surface area (Å²) in [5.41, 5.74) is 8.94. The van der Waals surface area contributed by atoms with E-state index >= 15 is 0 Å². The van der Waals surface area contributed by atoms with Gasteiger partial charge in [0.15, 0.2) is 5.69 Å². The normalized spacial score (nSPS) is 23.6. The molecule has 51 heavy (non-hydrogen) atoms. The lowest BCUT2D eigenvalue weighted by Gasteiger charge is -2.33. The Morgan fingerprint density at radius 2 is 2.00 bits per heavy atom. The number of alkyl halides is 3. The molecule has 1 amide bonds. The summed E-state index contributed by atoms with van der Waals surface area (Å²) in [5, 5.41) is 7.29. The number of anilines is 2. The van der Waals surface area contributed by atoms with E-state index < -0.39 is 17.8 Å². The second-order valence-electron chi connectivity index (χ2n) is 14.9. The first-order valence-corrected chi connectivity index (χ1v) is 17.8. The number of rotatable bonds is 6. The quantitative estimate of drug-likeness (QED) is 0.272. The van der Waals surface area contributed by atoms with Crippen molar-refractivity contribution in [3.8, 4) is 17.9 Å². The van der Waals surface area contributed by atoms with Gasteiger partial charge in [-0.3, -0.25) is 14.4 Å². The number of fused-ring (bicyclic) bond motifs is 3. The molecule has 270 valence electrons. The number of carbonyl (C=O) groups is 1. The van der Waals surface area contributed by atoms with Gasteiger partial charge in [-0.15, -0.1) is 5.92 Å². The molecule has 1 saturated carbocycles. The number of aromatic nitrogens is 4. The van der Waals surface area contributed by atoms with E-state index in [2.05, 4.69) is 32.1 Å². The number of nitrogens with two attached hydrogens (primary N) is 1. The maximum atomic E-state index is 14.6. The fourth-order valence-corrected chi connectivity index (χ4v) is 8.93. The number of nitrogen functional groups attached to an aromatic ring is 1. The number of ether oxygens (including phenoxy) is 2. The lowest BCUT2D eigenvalue weighted by molar-refractivity contribution is -0.140. The molecule has 0 bridgehead atoms. The molecule has 6 heterocycles. The van der Waals surface area contributed by atoms with E-state index in [1.54, 1.807) is 7.05 Å². The Bertz CT molecular complexity index is 1960. The summed E-state index contributed by atoms with van der Waals surface area (Å²) in [4.78, 5) is 27.2. The fraction of sp³-hybridized carbons (Fsp3) is 0.568. The summed E-state index contributed by atoms with van der Waals surface area (Å²) in [7, 11) is 1.58. The van der Waals surface area contributed by atoms with Gasteiger partial charge in [-0.05, 0) is 82.0 Å². The highest BCUT2D eigenvalue weighted by Gasteiger charge is 2.60. The zero-order chi connectivity index (χ0) is 35.7. The van der Waals surface area contributed by atoms with Crippen LogP contribution in [0.5, 0.6) is 6.01 Å². The molecule has 4 aliphatic heterocycles. The van der Waals surface area contributed by atoms with Crippen LogP contribution in [0.1, 0.15) is 101 Å². The van der Waals surface area contributed by atoms with Gasteiger partial charge in [0.25, 0.3) is 5.91 Å². The molecule has 3 N–H and O–H groups in total.